The number of rotatable bonds is 6. The molecule has 0 radical (unpaired) electrons. The summed E-state index contributed by atoms with van der Waals surface area (Å²) in [6.07, 6.45) is 0.944. The molecule has 3 amide bonds. The average Bonchev–Trinajstić information content (AvgIpc) is 3.34. The van der Waals surface area contributed by atoms with Gasteiger partial charge in [0.15, 0.2) is 11.6 Å². The topological polar surface area (TPSA) is 98.3 Å². The summed E-state index contributed by atoms with van der Waals surface area (Å²) in [5.41, 5.74) is 1.61. The molecule has 0 aliphatic carbocycles. The number of halogens is 1. The molecule has 200 valence electrons. The normalized spacial score (nSPS) is 23.7. The van der Waals surface area contributed by atoms with Crippen LogP contribution in [0.5, 0.6) is 11.5 Å². The van der Waals surface area contributed by atoms with Crippen LogP contribution in [-0.2, 0) is 16.0 Å². The summed E-state index contributed by atoms with van der Waals surface area (Å²) < 4.78 is 25.2. The third-order valence-corrected chi connectivity index (χ3v) is 8.08. The van der Waals surface area contributed by atoms with Gasteiger partial charge in [0.2, 0.25) is 0 Å². The maximum absolute atomic E-state index is 14.6. The number of phenols is 1. The number of H-pyrrole nitrogens is 1. The number of hydrogen-bond acceptors (Lipinski definition) is 6. The lowest BCUT2D eigenvalue weighted by Gasteiger charge is -2.42. The van der Waals surface area contributed by atoms with Crippen LogP contribution in [0.2, 0.25) is 0 Å². The molecule has 9 nitrogen and oxygen atoms in total. The van der Waals surface area contributed by atoms with E-state index in [1.54, 1.807) is 36.1 Å². The second-order valence-corrected chi connectivity index (χ2v) is 10.4. The van der Waals surface area contributed by atoms with Gasteiger partial charge in [-0.05, 0) is 42.7 Å². The number of carbonyl (C=O) groups is 2. The monoisotopic (exact) mass is 522 g/mol. The number of ether oxygens (including phenoxy) is 2. The molecule has 0 bridgehead atoms. The Bertz CT molecular complexity index is 1420. The number of urea groups is 1. The fourth-order valence-electron chi connectivity index (χ4n) is 6.19. The number of amides is 3. The Balaban J connectivity index is 1.41. The van der Waals surface area contributed by atoms with Gasteiger partial charge in [0.05, 0.1) is 20.3 Å². The number of fused-ring (bicyclic) bond motifs is 4. The Kier molecular flexibility index (Phi) is 6.03. The van der Waals surface area contributed by atoms with Crippen molar-refractivity contribution in [2.45, 2.75) is 31.3 Å². The summed E-state index contributed by atoms with van der Waals surface area (Å²) in [6, 6.07) is 8.69. The fourth-order valence-corrected chi connectivity index (χ4v) is 6.19. The number of carbonyl (C=O) groups excluding carboxylic acids is 2. The van der Waals surface area contributed by atoms with Crippen molar-refractivity contribution in [3.05, 3.63) is 59.0 Å². The fraction of sp³-hybridized carbons (Fsp3) is 0.429. The largest absolute Gasteiger partial charge is 0.508 e. The van der Waals surface area contributed by atoms with Crippen LogP contribution in [0.15, 0.2) is 36.4 Å². The number of phenolic OH excluding ortho intramolecular Hbond substituents is 1. The first-order chi connectivity index (χ1) is 18.3. The van der Waals surface area contributed by atoms with Gasteiger partial charge in [-0.2, -0.15) is 0 Å². The molecule has 3 aromatic rings. The minimum absolute atomic E-state index is 0.0560. The minimum Gasteiger partial charge on any atom is -0.508 e. The van der Waals surface area contributed by atoms with Gasteiger partial charge in [-0.1, -0.05) is 12.1 Å². The first-order valence-corrected chi connectivity index (χ1v) is 12.9. The van der Waals surface area contributed by atoms with Crippen molar-refractivity contribution in [3.63, 3.8) is 0 Å². The second kappa shape index (κ2) is 9.28. The first-order valence-electron chi connectivity index (χ1n) is 12.9. The van der Waals surface area contributed by atoms with E-state index in [4.69, 9.17) is 9.47 Å². The summed E-state index contributed by atoms with van der Waals surface area (Å²) >= 11 is 0. The van der Waals surface area contributed by atoms with Crippen LogP contribution < -0.4 is 4.74 Å². The van der Waals surface area contributed by atoms with Crippen molar-refractivity contribution in [2.75, 3.05) is 46.5 Å². The molecule has 38 heavy (non-hydrogen) atoms. The highest BCUT2D eigenvalue weighted by Crippen LogP contribution is 2.49. The van der Waals surface area contributed by atoms with E-state index in [0.29, 0.717) is 43.0 Å². The zero-order valence-corrected chi connectivity index (χ0v) is 21.5. The van der Waals surface area contributed by atoms with E-state index in [-0.39, 0.29) is 29.9 Å². The third-order valence-electron chi connectivity index (χ3n) is 8.08. The van der Waals surface area contributed by atoms with Crippen molar-refractivity contribution in [1.29, 1.82) is 0 Å². The van der Waals surface area contributed by atoms with Gasteiger partial charge >= 0.3 is 6.03 Å². The van der Waals surface area contributed by atoms with Crippen LogP contribution >= 0.6 is 0 Å². The summed E-state index contributed by atoms with van der Waals surface area (Å²) in [5.74, 6) is -0.582. The Morgan fingerprint density at radius 2 is 1.97 bits per heavy atom. The molecule has 10 heteroatoms. The lowest BCUT2D eigenvalue weighted by Crippen LogP contribution is -2.53. The third kappa shape index (κ3) is 3.82. The molecule has 0 spiro atoms. The minimum atomic E-state index is -1.14. The van der Waals surface area contributed by atoms with Crippen LogP contribution in [0.25, 0.3) is 10.9 Å². The van der Waals surface area contributed by atoms with Crippen LogP contribution in [0.1, 0.15) is 36.2 Å². The zero-order valence-electron chi connectivity index (χ0n) is 21.5. The Morgan fingerprint density at radius 1 is 1.18 bits per heavy atom. The quantitative estimate of drug-likeness (QED) is 0.482. The van der Waals surface area contributed by atoms with E-state index < -0.39 is 17.4 Å². The molecule has 2 N–H and O–H groups in total. The predicted octanol–water partition coefficient (Wildman–Crippen LogP) is 3.41. The lowest BCUT2D eigenvalue weighted by atomic mass is 9.81. The maximum Gasteiger partial charge on any atom is 0.328 e. The SMILES string of the molecule is COc1cc2c3c([nH]c2cc1F)C(c1cccc(O)c1)N1C(=O)N(CCCN2CCOCC2)C(=O)C1(C)C3. The number of hydrogen-bond donors (Lipinski definition) is 2. The van der Waals surface area contributed by atoms with Crippen molar-refractivity contribution >= 4 is 22.8 Å². The maximum atomic E-state index is 14.6. The molecule has 3 aliphatic rings. The first kappa shape index (κ1) is 24.7. The van der Waals surface area contributed by atoms with E-state index >= 15 is 0 Å². The van der Waals surface area contributed by atoms with Gasteiger partial charge in [-0.3, -0.25) is 19.5 Å². The number of imide groups is 1. The number of benzene rings is 2. The van der Waals surface area contributed by atoms with Gasteiger partial charge in [-0.25, -0.2) is 9.18 Å². The van der Waals surface area contributed by atoms with Crippen molar-refractivity contribution < 1.29 is 28.6 Å². The highest BCUT2D eigenvalue weighted by atomic mass is 19.1. The van der Waals surface area contributed by atoms with Crippen molar-refractivity contribution in [1.82, 2.24) is 19.7 Å². The Labute approximate surface area is 219 Å². The number of nitrogens with zero attached hydrogens (tertiary/aromatic N) is 3. The van der Waals surface area contributed by atoms with Crippen LogP contribution in [0.4, 0.5) is 9.18 Å². The Morgan fingerprint density at radius 3 is 2.71 bits per heavy atom. The van der Waals surface area contributed by atoms with Gasteiger partial charge in [0.25, 0.3) is 5.91 Å². The molecule has 2 atom stereocenters. The average molecular weight is 523 g/mol. The van der Waals surface area contributed by atoms with Gasteiger partial charge in [0, 0.05) is 55.3 Å². The van der Waals surface area contributed by atoms with E-state index in [0.717, 1.165) is 30.6 Å². The molecule has 0 saturated carbocycles. The van der Waals surface area contributed by atoms with Crippen LogP contribution in [-0.4, -0.2) is 88.8 Å². The standard InChI is InChI=1S/C28H31FN4O5/c1-28-16-20-19-14-23(37-2)21(29)15-22(19)30-24(20)25(17-5-3-6-18(34)13-17)33(28)27(36)32(26(28)35)8-4-7-31-9-11-38-12-10-31/h3,5-6,13-15,25,30,34H,4,7-12,16H2,1-2H3. The predicted molar refractivity (Wildman–Crippen MR) is 138 cm³/mol. The van der Waals surface area contributed by atoms with Crippen molar-refractivity contribution in [3.8, 4) is 11.5 Å². The van der Waals surface area contributed by atoms with Gasteiger partial charge < -0.3 is 19.6 Å². The summed E-state index contributed by atoms with van der Waals surface area (Å²) in [5, 5.41) is 11.0. The number of nitrogens with one attached hydrogen (secondary N) is 1. The van der Waals surface area contributed by atoms with Gasteiger partial charge in [-0.15, -0.1) is 0 Å². The molecule has 1 aromatic heterocycles. The molecule has 6 rings (SSSR count). The molecule has 2 saturated heterocycles. The Hall–Kier alpha value is -3.63. The summed E-state index contributed by atoms with van der Waals surface area (Å²) in [7, 11) is 1.41. The smallest absolute Gasteiger partial charge is 0.328 e. The second-order valence-electron chi connectivity index (χ2n) is 10.4. The van der Waals surface area contributed by atoms with E-state index in [2.05, 4.69) is 9.88 Å². The highest BCUT2D eigenvalue weighted by molar-refractivity contribution is 6.08. The summed E-state index contributed by atoms with van der Waals surface area (Å²) in [6.45, 7) is 5.98. The summed E-state index contributed by atoms with van der Waals surface area (Å²) in [4.78, 5) is 36.5. The zero-order chi connectivity index (χ0) is 26.6. The molecular weight excluding hydrogens is 491 g/mol. The van der Waals surface area contributed by atoms with Crippen molar-refractivity contribution in [2.24, 2.45) is 0 Å². The molecule has 2 unspecified atom stereocenters. The molecular formula is C28H31FN4O5. The number of aromatic amines is 1. The number of morpholine rings is 1. The van der Waals surface area contributed by atoms with Crippen LogP contribution in [0.3, 0.4) is 0 Å². The van der Waals surface area contributed by atoms with Gasteiger partial charge in [0.1, 0.15) is 17.3 Å². The molecule has 4 heterocycles. The molecule has 3 aliphatic heterocycles. The molecule has 2 aromatic carbocycles. The number of aromatic hydroxyl groups is 1. The number of methoxy groups -OCH3 is 1. The van der Waals surface area contributed by atoms with E-state index in [1.165, 1.54) is 18.1 Å². The lowest BCUT2D eigenvalue weighted by molar-refractivity contribution is -0.133. The molecule has 2 fully saturated rings. The van der Waals surface area contributed by atoms with Crippen LogP contribution in [0, 0.1) is 5.82 Å². The van der Waals surface area contributed by atoms with E-state index in [9.17, 15) is 19.1 Å². The van der Waals surface area contributed by atoms with E-state index in [1.807, 2.05) is 6.07 Å². The highest BCUT2D eigenvalue weighted by Gasteiger charge is 2.60. The number of aromatic nitrogens is 1.